The molecule has 0 heterocycles. The molecule has 1 aromatic rings. The standard InChI is InChI=1S/C13H16N2O5/c1-8(12(14)17)20-11(16)7-15-13(18)9-3-5-10(19-2)6-4-9/h3-6,8H,7H2,1-2H3,(H2,14,17)(H,15,18)/t8-/m0/s1. The summed E-state index contributed by atoms with van der Waals surface area (Å²) in [7, 11) is 1.52. The summed E-state index contributed by atoms with van der Waals surface area (Å²) in [5.74, 6) is -1.30. The number of ether oxygens (including phenoxy) is 2. The van der Waals surface area contributed by atoms with Crippen molar-refractivity contribution in [2.24, 2.45) is 5.73 Å². The number of methoxy groups -OCH3 is 1. The number of primary amides is 1. The Kier molecular flexibility index (Phi) is 5.52. The summed E-state index contributed by atoms with van der Waals surface area (Å²) < 4.78 is 9.65. The zero-order valence-corrected chi connectivity index (χ0v) is 11.2. The quantitative estimate of drug-likeness (QED) is 0.704. The largest absolute Gasteiger partial charge is 0.497 e. The van der Waals surface area contributed by atoms with Gasteiger partial charge in [0.15, 0.2) is 6.10 Å². The maximum Gasteiger partial charge on any atom is 0.326 e. The first-order chi connectivity index (χ1) is 9.43. The number of esters is 1. The minimum atomic E-state index is -1.03. The smallest absolute Gasteiger partial charge is 0.326 e. The molecule has 0 spiro atoms. The van der Waals surface area contributed by atoms with E-state index in [4.69, 9.17) is 10.5 Å². The van der Waals surface area contributed by atoms with Crippen molar-refractivity contribution >= 4 is 17.8 Å². The topological polar surface area (TPSA) is 108 Å². The zero-order valence-electron chi connectivity index (χ0n) is 11.2. The van der Waals surface area contributed by atoms with Gasteiger partial charge in [0.05, 0.1) is 7.11 Å². The van der Waals surface area contributed by atoms with Crippen molar-refractivity contribution in [3.8, 4) is 5.75 Å². The average Bonchev–Trinajstić information content (AvgIpc) is 2.44. The molecule has 0 saturated carbocycles. The normalized spacial score (nSPS) is 11.3. The van der Waals surface area contributed by atoms with Gasteiger partial charge in [0, 0.05) is 5.56 Å². The molecule has 0 fully saturated rings. The monoisotopic (exact) mass is 280 g/mol. The van der Waals surface area contributed by atoms with E-state index in [1.807, 2.05) is 0 Å². The van der Waals surface area contributed by atoms with Crippen LogP contribution in [0.4, 0.5) is 0 Å². The van der Waals surface area contributed by atoms with E-state index in [0.29, 0.717) is 11.3 Å². The number of nitrogens with two attached hydrogens (primary N) is 1. The van der Waals surface area contributed by atoms with Gasteiger partial charge in [-0.15, -0.1) is 0 Å². The fourth-order valence-corrected chi connectivity index (χ4v) is 1.29. The van der Waals surface area contributed by atoms with E-state index in [1.165, 1.54) is 14.0 Å². The summed E-state index contributed by atoms with van der Waals surface area (Å²) in [6, 6.07) is 6.38. The third kappa shape index (κ3) is 4.60. The third-order valence-corrected chi connectivity index (χ3v) is 2.45. The Labute approximate surface area is 116 Å². The zero-order chi connectivity index (χ0) is 15.1. The molecule has 1 rings (SSSR count). The third-order valence-electron chi connectivity index (χ3n) is 2.45. The van der Waals surface area contributed by atoms with Crippen LogP contribution in [-0.2, 0) is 14.3 Å². The Morgan fingerprint density at radius 1 is 1.25 bits per heavy atom. The molecule has 0 aliphatic heterocycles. The summed E-state index contributed by atoms with van der Waals surface area (Å²) >= 11 is 0. The van der Waals surface area contributed by atoms with Gasteiger partial charge in [-0.3, -0.25) is 14.4 Å². The number of hydrogen-bond donors (Lipinski definition) is 2. The predicted octanol–water partition coefficient (Wildman–Crippen LogP) is -0.158. The molecule has 108 valence electrons. The van der Waals surface area contributed by atoms with Gasteiger partial charge in [-0.2, -0.15) is 0 Å². The molecule has 0 saturated heterocycles. The lowest BCUT2D eigenvalue weighted by atomic mass is 10.2. The van der Waals surface area contributed by atoms with Gasteiger partial charge in [0.25, 0.3) is 11.8 Å². The Bertz CT molecular complexity index is 498. The molecule has 7 nitrogen and oxygen atoms in total. The minimum absolute atomic E-state index is 0.345. The number of nitrogens with one attached hydrogen (secondary N) is 1. The van der Waals surface area contributed by atoms with Crippen molar-refractivity contribution in [1.29, 1.82) is 0 Å². The molecule has 0 aliphatic carbocycles. The highest BCUT2D eigenvalue weighted by atomic mass is 16.5. The second-order valence-electron chi connectivity index (χ2n) is 3.95. The van der Waals surface area contributed by atoms with Gasteiger partial charge < -0.3 is 20.5 Å². The lowest BCUT2D eigenvalue weighted by Crippen LogP contribution is -2.36. The van der Waals surface area contributed by atoms with Crippen LogP contribution in [-0.4, -0.2) is 37.5 Å². The summed E-state index contributed by atoms with van der Waals surface area (Å²) in [4.78, 5) is 33.7. The first-order valence-corrected chi connectivity index (χ1v) is 5.85. The van der Waals surface area contributed by atoms with Crippen LogP contribution in [0.3, 0.4) is 0 Å². The van der Waals surface area contributed by atoms with Gasteiger partial charge in [0.1, 0.15) is 12.3 Å². The summed E-state index contributed by atoms with van der Waals surface area (Å²) in [5, 5.41) is 2.37. The second-order valence-corrected chi connectivity index (χ2v) is 3.95. The Balaban J connectivity index is 2.46. The Morgan fingerprint density at radius 3 is 2.35 bits per heavy atom. The van der Waals surface area contributed by atoms with Crippen molar-refractivity contribution in [3.63, 3.8) is 0 Å². The van der Waals surface area contributed by atoms with Gasteiger partial charge in [-0.25, -0.2) is 0 Å². The van der Waals surface area contributed by atoms with Crippen molar-refractivity contribution in [3.05, 3.63) is 29.8 Å². The highest BCUT2D eigenvalue weighted by Gasteiger charge is 2.15. The van der Waals surface area contributed by atoms with E-state index in [1.54, 1.807) is 24.3 Å². The average molecular weight is 280 g/mol. The Morgan fingerprint density at radius 2 is 1.85 bits per heavy atom. The Hall–Kier alpha value is -2.57. The SMILES string of the molecule is COc1ccc(C(=O)NCC(=O)O[C@@H](C)C(N)=O)cc1. The number of hydrogen-bond acceptors (Lipinski definition) is 5. The van der Waals surface area contributed by atoms with Crippen LogP contribution < -0.4 is 15.8 Å². The van der Waals surface area contributed by atoms with Crippen LogP contribution in [0.5, 0.6) is 5.75 Å². The highest BCUT2D eigenvalue weighted by Crippen LogP contribution is 2.10. The van der Waals surface area contributed by atoms with Gasteiger partial charge in [0.2, 0.25) is 0 Å². The van der Waals surface area contributed by atoms with Crippen LogP contribution in [0.1, 0.15) is 17.3 Å². The molecule has 0 aliphatic rings. The predicted molar refractivity (Wildman–Crippen MR) is 70.1 cm³/mol. The molecular weight excluding hydrogens is 264 g/mol. The molecule has 0 bridgehead atoms. The molecule has 7 heteroatoms. The molecular formula is C13H16N2O5. The van der Waals surface area contributed by atoms with E-state index < -0.39 is 23.9 Å². The molecule has 1 atom stereocenters. The maximum absolute atomic E-state index is 11.7. The van der Waals surface area contributed by atoms with Crippen LogP contribution >= 0.6 is 0 Å². The van der Waals surface area contributed by atoms with Crippen molar-refractivity contribution in [2.75, 3.05) is 13.7 Å². The molecule has 0 radical (unpaired) electrons. The van der Waals surface area contributed by atoms with E-state index in [-0.39, 0.29) is 6.54 Å². The fourth-order valence-electron chi connectivity index (χ4n) is 1.29. The molecule has 3 N–H and O–H groups in total. The first-order valence-electron chi connectivity index (χ1n) is 5.85. The number of amides is 2. The maximum atomic E-state index is 11.7. The highest BCUT2D eigenvalue weighted by molar-refractivity contribution is 5.96. The number of carbonyl (C=O) groups is 3. The van der Waals surface area contributed by atoms with Gasteiger partial charge in [-0.1, -0.05) is 0 Å². The second kappa shape index (κ2) is 7.13. The van der Waals surface area contributed by atoms with Crippen LogP contribution in [0.15, 0.2) is 24.3 Å². The lowest BCUT2D eigenvalue weighted by Gasteiger charge is -2.10. The van der Waals surface area contributed by atoms with Gasteiger partial charge in [-0.05, 0) is 31.2 Å². The van der Waals surface area contributed by atoms with E-state index in [0.717, 1.165) is 0 Å². The summed E-state index contributed by atoms with van der Waals surface area (Å²) in [5.41, 5.74) is 5.32. The van der Waals surface area contributed by atoms with Crippen LogP contribution in [0.2, 0.25) is 0 Å². The number of benzene rings is 1. The van der Waals surface area contributed by atoms with E-state index >= 15 is 0 Å². The number of carbonyl (C=O) groups excluding carboxylic acids is 3. The minimum Gasteiger partial charge on any atom is -0.497 e. The summed E-state index contributed by atoms with van der Waals surface area (Å²) in [6.07, 6.45) is -1.03. The van der Waals surface area contributed by atoms with Crippen LogP contribution in [0.25, 0.3) is 0 Å². The fraction of sp³-hybridized carbons (Fsp3) is 0.308. The molecule has 0 aromatic heterocycles. The number of rotatable bonds is 6. The van der Waals surface area contributed by atoms with E-state index in [2.05, 4.69) is 10.1 Å². The van der Waals surface area contributed by atoms with Gasteiger partial charge >= 0.3 is 5.97 Å². The van der Waals surface area contributed by atoms with Crippen molar-refractivity contribution < 1.29 is 23.9 Å². The molecule has 2 amide bonds. The molecule has 0 unspecified atom stereocenters. The first kappa shape index (κ1) is 15.5. The molecule has 20 heavy (non-hydrogen) atoms. The van der Waals surface area contributed by atoms with Crippen LogP contribution in [0, 0.1) is 0 Å². The van der Waals surface area contributed by atoms with E-state index in [9.17, 15) is 14.4 Å². The lowest BCUT2D eigenvalue weighted by molar-refractivity contribution is -0.152. The summed E-state index contributed by atoms with van der Waals surface area (Å²) in [6.45, 7) is 1.01. The van der Waals surface area contributed by atoms with Crippen molar-refractivity contribution in [1.82, 2.24) is 5.32 Å². The molecule has 1 aromatic carbocycles. The van der Waals surface area contributed by atoms with Crippen molar-refractivity contribution in [2.45, 2.75) is 13.0 Å².